The number of benzene rings is 2. The maximum Gasteiger partial charge on any atom is 0.258 e. The Balaban J connectivity index is 1.34. The first-order chi connectivity index (χ1) is 18.6. The van der Waals surface area contributed by atoms with Crippen molar-refractivity contribution in [1.82, 2.24) is 4.31 Å². The van der Waals surface area contributed by atoms with Crippen LogP contribution in [0.2, 0.25) is 0 Å². The summed E-state index contributed by atoms with van der Waals surface area (Å²) in [5.74, 6) is -0.279. The van der Waals surface area contributed by atoms with Crippen molar-refractivity contribution in [2.45, 2.75) is 62.2 Å². The number of hydrogen-bond acceptors (Lipinski definition) is 6. The van der Waals surface area contributed by atoms with Gasteiger partial charge in [0.2, 0.25) is 20.0 Å². The van der Waals surface area contributed by atoms with Crippen LogP contribution in [0, 0.1) is 5.41 Å². The SMILES string of the molecule is CCS(=O)(=O)Nc1ccc2c(c1)C1(CCC3(CC3)CC1)CN2C(=O)c1cccc(S(=O)(=O)N2CCCOC2)c1. The molecule has 2 aliphatic heterocycles. The van der Waals surface area contributed by atoms with Crippen molar-refractivity contribution >= 4 is 37.3 Å². The van der Waals surface area contributed by atoms with Crippen LogP contribution >= 0.6 is 0 Å². The zero-order chi connectivity index (χ0) is 27.5. The summed E-state index contributed by atoms with van der Waals surface area (Å²) in [6, 6.07) is 11.7. The van der Waals surface area contributed by atoms with Crippen molar-refractivity contribution < 1.29 is 26.4 Å². The number of hydrogen-bond donors (Lipinski definition) is 1. The molecule has 1 amide bonds. The van der Waals surface area contributed by atoms with Crippen LogP contribution < -0.4 is 9.62 Å². The number of carbonyl (C=O) groups is 1. The summed E-state index contributed by atoms with van der Waals surface area (Å²) in [4.78, 5) is 15.8. The van der Waals surface area contributed by atoms with Crippen LogP contribution in [0.5, 0.6) is 0 Å². The van der Waals surface area contributed by atoms with Gasteiger partial charge < -0.3 is 9.64 Å². The number of fused-ring (bicyclic) bond motifs is 2. The van der Waals surface area contributed by atoms with Crippen LogP contribution in [0.3, 0.4) is 0 Å². The summed E-state index contributed by atoms with van der Waals surface area (Å²) in [6.45, 7) is 3.02. The van der Waals surface area contributed by atoms with Gasteiger partial charge >= 0.3 is 0 Å². The Morgan fingerprint density at radius 1 is 1.00 bits per heavy atom. The van der Waals surface area contributed by atoms with Crippen LogP contribution in [0.25, 0.3) is 0 Å². The summed E-state index contributed by atoms with van der Waals surface area (Å²) < 4.78 is 60.3. The molecule has 2 aromatic rings. The molecule has 39 heavy (non-hydrogen) atoms. The second-order valence-corrected chi connectivity index (χ2v) is 15.5. The smallest absolute Gasteiger partial charge is 0.258 e. The van der Waals surface area contributed by atoms with Gasteiger partial charge in [-0.15, -0.1) is 0 Å². The number of carbonyl (C=O) groups excluding carboxylic acids is 1. The van der Waals surface area contributed by atoms with Gasteiger partial charge in [-0.1, -0.05) is 6.07 Å². The van der Waals surface area contributed by atoms with Gasteiger partial charge in [0.25, 0.3) is 5.91 Å². The molecule has 0 atom stereocenters. The molecule has 9 nitrogen and oxygen atoms in total. The number of ether oxygens (including phenoxy) is 1. The molecule has 2 aliphatic carbocycles. The quantitative estimate of drug-likeness (QED) is 0.558. The van der Waals surface area contributed by atoms with Crippen LogP contribution in [0.1, 0.15) is 67.8 Å². The van der Waals surface area contributed by atoms with E-state index in [9.17, 15) is 21.6 Å². The molecule has 4 aliphatic rings. The van der Waals surface area contributed by atoms with E-state index < -0.39 is 20.0 Å². The van der Waals surface area contributed by atoms with Crippen LogP contribution in [-0.2, 0) is 30.2 Å². The predicted molar refractivity (Wildman–Crippen MR) is 149 cm³/mol. The maximum absolute atomic E-state index is 14.0. The molecule has 2 spiro atoms. The van der Waals surface area contributed by atoms with Crippen molar-refractivity contribution in [2.75, 3.05) is 41.8 Å². The molecule has 0 unspecified atom stereocenters. The fourth-order valence-electron chi connectivity index (χ4n) is 6.39. The van der Waals surface area contributed by atoms with Gasteiger partial charge in [-0.25, -0.2) is 16.8 Å². The topological polar surface area (TPSA) is 113 Å². The van der Waals surface area contributed by atoms with Crippen LogP contribution in [-0.4, -0.2) is 59.2 Å². The summed E-state index contributed by atoms with van der Waals surface area (Å²) in [5.41, 5.74) is 2.78. The molecular formula is C28H35N3O6S2. The highest BCUT2D eigenvalue weighted by Gasteiger charge is 2.53. The minimum atomic E-state index is -3.79. The number of sulfonamides is 2. The Kier molecular flexibility index (Phi) is 6.56. The maximum atomic E-state index is 14.0. The van der Waals surface area contributed by atoms with E-state index in [2.05, 4.69) is 4.72 Å². The molecule has 0 bridgehead atoms. The lowest BCUT2D eigenvalue weighted by Crippen LogP contribution is -2.40. The molecule has 11 heteroatoms. The standard InChI is InChI=1S/C28H35N3O6S2/c1-2-38(33,34)29-22-7-8-25-24(18-22)28(13-11-27(9-10-27)12-14-28)19-31(25)26(32)21-5-3-6-23(17-21)39(35,36)30-15-4-16-37-20-30/h3,5-8,17-18,29H,2,4,9-16,19-20H2,1H3. The summed E-state index contributed by atoms with van der Waals surface area (Å²) in [5, 5.41) is 0. The highest BCUT2D eigenvalue weighted by Crippen LogP contribution is 2.62. The number of anilines is 2. The van der Waals surface area contributed by atoms with Crippen molar-refractivity contribution in [2.24, 2.45) is 5.41 Å². The largest absolute Gasteiger partial charge is 0.365 e. The van der Waals surface area contributed by atoms with Crippen molar-refractivity contribution in [1.29, 1.82) is 0 Å². The molecule has 1 N–H and O–H groups in total. The number of nitrogens with zero attached hydrogens (tertiary/aromatic N) is 2. The van der Waals surface area contributed by atoms with E-state index in [4.69, 9.17) is 4.74 Å². The minimum Gasteiger partial charge on any atom is -0.365 e. The molecule has 0 radical (unpaired) electrons. The molecule has 1 saturated heterocycles. The van der Waals surface area contributed by atoms with Gasteiger partial charge in [0, 0.05) is 42.0 Å². The van der Waals surface area contributed by atoms with E-state index in [1.54, 1.807) is 30.0 Å². The van der Waals surface area contributed by atoms with E-state index in [0.29, 0.717) is 42.8 Å². The third kappa shape index (κ3) is 4.87. The monoisotopic (exact) mass is 573 g/mol. The Morgan fingerprint density at radius 3 is 2.41 bits per heavy atom. The summed E-state index contributed by atoms with van der Waals surface area (Å²) >= 11 is 0. The van der Waals surface area contributed by atoms with Crippen molar-refractivity contribution in [3.8, 4) is 0 Å². The third-order valence-corrected chi connectivity index (χ3v) is 12.2. The van der Waals surface area contributed by atoms with Gasteiger partial charge in [0.15, 0.2) is 0 Å². The fourth-order valence-corrected chi connectivity index (χ4v) is 8.42. The normalized spacial score (nSPS) is 22.1. The first kappa shape index (κ1) is 26.7. The van der Waals surface area contributed by atoms with Gasteiger partial charge in [0.05, 0.1) is 10.6 Å². The molecule has 6 rings (SSSR count). The van der Waals surface area contributed by atoms with E-state index in [1.165, 1.54) is 29.3 Å². The second kappa shape index (κ2) is 9.57. The molecular weight excluding hydrogens is 538 g/mol. The van der Waals surface area contributed by atoms with E-state index in [0.717, 1.165) is 36.9 Å². The van der Waals surface area contributed by atoms with E-state index in [-0.39, 0.29) is 28.7 Å². The molecule has 3 fully saturated rings. The van der Waals surface area contributed by atoms with E-state index >= 15 is 0 Å². The highest BCUT2D eigenvalue weighted by molar-refractivity contribution is 7.92. The lowest BCUT2D eigenvalue weighted by molar-refractivity contribution is 0.0313. The lowest BCUT2D eigenvalue weighted by Gasteiger charge is -2.38. The average Bonchev–Trinajstić information content (AvgIpc) is 3.65. The van der Waals surface area contributed by atoms with Crippen molar-refractivity contribution in [3.05, 3.63) is 53.6 Å². The molecule has 2 saturated carbocycles. The van der Waals surface area contributed by atoms with Crippen LogP contribution in [0.15, 0.2) is 47.4 Å². The predicted octanol–water partition coefficient (Wildman–Crippen LogP) is 4.07. The third-order valence-electron chi connectivity index (χ3n) is 9.09. The molecule has 2 aromatic carbocycles. The molecule has 0 aromatic heterocycles. The second-order valence-electron chi connectivity index (χ2n) is 11.5. The molecule has 2 heterocycles. The zero-order valence-corrected chi connectivity index (χ0v) is 23.8. The van der Waals surface area contributed by atoms with E-state index in [1.807, 2.05) is 12.1 Å². The first-order valence-electron chi connectivity index (χ1n) is 13.7. The number of amides is 1. The summed E-state index contributed by atoms with van der Waals surface area (Å²) in [6.07, 6.45) is 7.24. The lowest BCUT2D eigenvalue weighted by atomic mass is 9.66. The Bertz CT molecular complexity index is 1500. The van der Waals surface area contributed by atoms with Gasteiger partial charge in [0.1, 0.15) is 6.73 Å². The number of nitrogens with one attached hydrogen (secondary N) is 1. The Hall–Kier alpha value is -2.47. The summed E-state index contributed by atoms with van der Waals surface area (Å²) in [7, 11) is -7.23. The molecule has 210 valence electrons. The minimum absolute atomic E-state index is 0.00807. The van der Waals surface area contributed by atoms with Gasteiger partial charge in [-0.2, -0.15) is 4.31 Å². The Morgan fingerprint density at radius 2 is 1.74 bits per heavy atom. The Labute approximate surface area is 230 Å². The number of rotatable bonds is 6. The van der Waals surface area contributed by atoms with Crippen LogP contribution in [0.4, 0.5) is 11.4 Å². The van der Waals surface area contributed by atoms with Crippen molar-refractivity contribution in [3.63, 3.8) is 0 Å². The zero-order valence-electron chi connectivity index (χ0n) is 22.2. The van der Waals surface area contributed by atoms with Gasteiger partial charge in [-0.05, 0) is 99.2 Å². The average molecular weight is 574 g/mol. The highest BCUT2D eigenvalue weighted by atomic mass is 32.2. The first-order valence-corrected chi connectivity index (χ1v) is 16.8. The van der Waals surface area contributed by atoms with Gasteiger partial charge in [-0.3, -0.25) is 9.52 Å². The fraction of sp³-hybridized carbons (Fsp3) is 0.536.